The average molecular weight is 418 g/mol. The number of benzene rings is 3. The van der Waals surface area contributed by atoms with E-state index in [1.54, 1.807) is 17.0 Å². The zero-order valence-corrected chi connectivity index (χ0v) is 17.4. The third kappa shape index (κ3) is 4.81. The molecule has 1 aliphatic heterocycles. The lowest BCUT2D eigenvalue weighted by molar-refractivity contribution is 0.146. The Hall–Kier alpha value is -3.51. The quantitative estimate of drug-likeness (QED) is 0.534. The summed E-state index contributed by atoms with van der Waals surface area (Å²) in [7, 11) is 0. The minimum Gasteiger partial charge on any atom is -0.504 e. The molecule has 3 aromatic rings. The van der Waals surface area contributed by atoms with Crippen LogP contribution in [0.3, 0.4) is 0 Å². The van der Waals surface area contributed by atoms with E-state index in [0.717, 1.165) is 34.4 Å². The molecule has 0 aromatic heterocycles. The Morgan fingerprint density at radius 3 is 2.52 bits per heavy atom. The summed E-state index contributed by atoms with van der Waals surface area (Å²) in [5, 5.41) is 23.3. The van der Waals surface area contributed by atoms with Crippen molar-refractivity contribution in [1.29, 1.82) is 0 Å². The van der Waals surface area contributed by atoms with Crippen molar-refractivity contribution in [2.24, 2.45) is 0 Å². The van der Waals surface area contributed by atoms with Gasteiger partial charge < -0.3 is 20.3 Å². The van der Waals surface area contributed by atoms with Crippen LogP contribution < -0.4 is 10.2 Å². The molecule has 1 heterocycles. The normalized spacial score (nSPS) is 15.2. The Bertz CT molecular complexity index is 1050. The number of phenols is 2. The fourth-order valence-electron chi connectivity index (χ4n) is 3.82. The molecule has 31 heavy (non-hydrogen) atoms. The molecule has 1 aliphatic rings. The fraction of sp³-hybridized carbons (Fsp3) is 0.240. The topological polar surface area (TPSA) is 82.0 Å². The lowest BCUT2D eigenvalue weighted by Gasteiger charge is -2.32. The predicted octanol–water partition coefficient (Wildman–Crippen LogP) is 4.44. The van der Waals surface area contributed by atoms with Gasteiger partial charge in [-0.3, -0.25) is 4.90 Å². The van der Waals surface area contributed by atoms with Gasteiger partial charge in [-0.25, -0.2) is 4.79 Å². The Labute approximate surface area is 181 Å². The minimum atomic E-state index is -0.440. The van der Waals surface area contributed by atoms with E-state index >= 15 is 0 Å². The second kappa shape index (κ2) is 9.10. The minimum absolute atomic E-state index is 0.128. The van der Waals surface area contributed by atoms with Gasteiger partial charge in [-0.2, -0.15) is 0 Å². The zero-order valence-electron chi connectivity index (χ0n) is 17.4. The maximum atomic E-state index is 13.1. The van der Waals surface area contributed by atoms with Crippen LogP contribution in [0.1, 0.15) is 28.3 Å². The number of nitrogens with zero attached hydrogens (tertiary/aromatic N) is 1. The highest BCUT2D eigenvalue weighted by Crippen LogP contribution is 2.34. The molecule has 1 amide bonds. The summed E-state index contributed by atoms with van der Waals surface area (Å²) < 4.78 is 5.62. The van der Waals surface area contributed by atoms with Crippen LogP contribution in [0.2, 0.25) is 0 Å². The number of aryl methyl sites for hydroxylation is 1. The molecular weight excluding hydrogens is 392 g/mol. The maximum absolute atomic E-state index is 13.1. The number of aromatic hydroxyl groups is 2. The van der Waals surface area contributed by atoms with Gasteiger partial charge >= 0.3 is 6.09 Å². The third-order valence-corrected chi connectivity index (χ3v) is 5.53. The van der Waals surface area contributed by atoms with Crippen molar-refractivity contribution in [1.82, 2.24) is 5.32 Å². The number of ether oxygens (including phenoxy) is 1. The summed E-state index contributed by atoms with van der Waals surface area (Å²) in [5.41, 5.74) is 4.58. The Kier molecular flexibility index (Phi) is 6.09. The van der Waals surface area contributed by atoms with Crippen LogP contribution in [-0.2, 0) is 17.8 Å². The molecule has 6 nitrogen and oxygen atoms in total. The number of carbonyl (C=O) groups excluding carboxylic acids is 1. The summed E-state index contributed by atoms with van der Waals surface area (Å²) in [6.45, 7) is 3.22. The molecule has 0 saturated heterocycles. The Morgan fingerprint density at radius 1 is 1.06 bits per heavy atom. The smallest absolute Gasteiger partial charge is 0.414 e. The average Bonchev–Trinajstić information content (AvgIpc) is 2.78. The highest BCUT2D eigenvalue weighted by Gasteiger charge is 2.27. The molecule has 0 bridgehead atoms. The van der Waals surface area contributed by atoms with Crippen LogP contribution in [0.25, 0.3) is 0 Å². The summed E-state index contributed by atoms with van der Waals surface area (Å²) in [6.07, 6.45) is 0.299. The second-order valence-electron chi connectivity index (χ2n) is 7.78. The van der Waals surface area contributed by atoms with Gasteiger partial charge in [-0.15, -0.1) is 0 Å². The van der Waals surface area contributed by atoms with E-state index in [-0.39, 0.29) is 24.1 Å². The van der Waals surface area contributed by atoms with Gasteiger partial charge in [-0.1, -0.05) is 48.0 Å². The number of hydrogen-bond donors (Lipinski definition) is 3. The summed E-state index contributed by atoms with van der Waals surface area (Å²) in [6, 6.07) is 20.2. The molecule has 4 rings (SSSR count). The van der Waals surface area contributed by atoms with Crippen molar-refractivity contribution in [2.45, 2.75) is 26.0 Å². The summed E-state index contributed by atoms with van der Waals surface area (Å²) in [5.74, 6) is -0.293. The molecule has 1 unspecified atom stereocenters. The number of hydrogen-bond acceptors (Lipinski definition) is 5. The SMILES string of the molecule is Cc1ccc(N(CC2NCCc3cc(O)c(O)cc32)C(=O)OCc2ccccc2)cc1. The monoisotopic (exact) mass is 418 g/mol. The summed E-state index contributed by atoms with van der Waals surface area (Å²) >= 11 is 0. The van der Waals surface area contributed by atoms with E-state index in [9.17, 15) is 15.0 Å². The van der Waals surface area contributed by atoms with Gasteiger partial charge in [0, 0.05) is 12.2 Å². The van der Waals surface area contributed by atoms with Crippen molar-refractivity contribution in [2.75, 3.05) is 18.0 Å². The number of fused-ring (bicyclic) bond motifs is 1. The van der Waals surface area contributed by atoms with Crippen LogP contribution in [0.15, 0.2) is 66.7 Å². The van der Waals surface area contributed by atoms with Gasteiger partial charge in [-0.05, 0) is 60.8 Å². The van der Waals surface area contributed by atoms with Gasteiger partial charge in [0.05, 0.1) is 6.04 Å². The van der Waals surface area contributed by atoms with Gasteiger partial charge in [0.15, 0.2) is 11.5 Å². The molecule has 0 saturated carbocycles. The fourth-order valence-corrected chi connectivity index (χ4v) is 3.82. The molecule has 6 heteroatoms. The van der Waals surface area contributed by atoms with Gasteiger partial charge in [0.2, 0.25) is 0 Å². The number of carbonyl (C=O) groups is 1. The van der Waals surface area contributed by atoms with E-state index < -0.39 is 6.09 Å². The summed E-state index contributed by atoms with van der Waals surface area (Å²) in [4.78, 5) is 14.7. The van der Waals surface area contributed by atoms with E-state index in [2.05, 4.69) is 5.32 Å². The number of anilines is 1. The highest BCUT2D eigenvalue weighted by atomic mass is 16.6. The first-order chi connectivity index (χ1) is 15.0. The molecular formula is C25H26N2O4. The van der Waals surface area contributed by atoms with Crippen molar-refractivity contribution in [3.8, 4) is 11.5 Å². The van der Waals surface area contributed by atoms with Crippen LogP contribution in [0.5, 0.6) is 11.5 Å². The van der Waals surface area contributed by atoms with Crippen LogP contribution in [0.4, 0.5) is 10.5 Å². The number of nitrogens with one attached hydrogen (secondary N) is 1. The first-order valence-corrected chi connectivity index (χ1v) is 10.3. The Morgan fingerprint density at radius 2 is 1.77 bits per heavy atom. The lowest BCUT2D eigenvalue weighted by Crippen LogP contribution is -2.42. The van der Waals surface area contributed by atoms with Crippen LogP contribution >= 0.6 is 0 Å². The first kappa shape index (κ1) is 20.8. The number of amides is 1. The second-order valence-corrected chi connectivity index (χ2v) is 7.78. The lowest BCUT2D eigenvalue weighted by atomic mass is 9.93. The molecule has 160 valence electrons. The van der Waals surface area contributed by atoms with Gasteiger partial charge in [0.1, 0.15) is 6.61 Å². The van der Waals surface area contributed by atoms with E-state index in [4.69, 9.17) is 4.74 Å². The van der Waals surface area contributed by atoms with Crippen molar-refractivity contribution in [3.63, 3.8) is 0 Å². The van der Waals surface area contributed by atoms with E-state index in [1.165, 1.54) is 0 Å². The van der Waals surface area contributed by atoms with Crippen molar-refractivity contribution in [3.05, 3.63) is 89.0 Å². The van der Waals surface area contributed by atoms with Crippen LogP contribution in [0, 0.1) is 6.92 Å². The highest BCUT2D eigenvalue weighted by molar-refractivity contribution is 5.87. The molecule has 3 aromatic carbocycles. The standard InChI is InChI=1S/C25H26N2O4/c1-17-7-9-20(10-8-17)27(25(30)31-16-18-5-3-2-4-6-18)15-22-21-14-24(29)23(28)13-19(21)11-12-26-22/h2-10,13-14,22,26,28-29H,11-12,15-16H2,1H3. The molecule has 0 aliphatic carbocycles. The maximum Gasteiger partial charge on any atom is 0.414 e. The van der Waals surface area contributed by atoms with Gasteiger partial charge in [0.25, 0.3) is 0 Å². The molecule has 1 atom stereocenters. The van der Waals surface area contributed by atoms with Crippen molar-refractivity contribution >= 4 is 11.8 Å². The molecule has 0 fully saturated rings. The number of rotatable bonds is 5. The van der Waals surface area contributed by atoms with Crippen LogP contribution in [-0.4, -0.2) is 29.4 Å². The zero-order chi connectivity index (χ0) is 21.8. The predicted molar refractivity (Wildman–Crippen MR) is 119 cm³/mol. The first-order valence-electron chi connectivity index (χ1n) is 10.3. The third-order valence-electron chi connectivity index (χ3n) is 5.53. The molecule has 3 N–H and O–H groups in total. The van der Waals surface area contributed by atoms with E-state index in [1.807, 2.05) is 61.5 Å². The molecule has 0 radical (unpaired) electrons. The Balaban J connectivity index is 1.59. The number of phenolic OH excluding ortho intramolecular Hbond substituents is 2. The van der Waals surface area contributed by atoms with Crippen molar-refractivity contribution < 1.29 is 19.7 Å². The largest absolute Gasteiger partial charge is 0.504 e. The van der Waals surface area contributed by atoms with E-state index in [0.29, 0.717) is 13.1 Å². The molecule has 0 spiro atoms.